The van der Waals surface area contributed by atoms with Crippen molar-refractivity contribution in [2.24, 2.45) is 0 Å². The predicted molar refractivity (Wildman–Crippen MR) is 140 cm³/mol. The fourth-order valence-corrected chi connectivity index (χ4v) is 5.04. The zero-order chi connectivity index (χ0) is 24.0. The molecular weight excluding hydrogens is 579 g/mol. The van der Waals surface area contributed by atoms with E-state index in [-0.39, 0.29) is 24.6 Å². The summed E-state index contributed by atoms with van der Waals surface area (Å²) in [5, 5.41) is 6.90. The second-order valence-corrected chi connectivity index (χ2v) is 9.69. The largest absolute Gasteiger partial charge is 0.490 e. The number of rotatable bonds is 9. The van der Waals surface area contributed by atoms with E-state index in [9.17, 15) is 9.59 Å². The highest BCUT2D eigenvalue weighted by Crippen LogP contribution is 2.37. The minimum Gasteiger partial charge on any atom is -0.490 e. The van der Waals surface area contributed by atoms with Crippen molar-refractivity contribution in [1.29, 1.82) is 0 Å². The Hall–Kier alpha value is -2.11. The lowest BCUT2D eigenvalue weighted by Gasteiger charge is -2.15. The van der Waals surface area contributed by atoms with Crippen LogP contribution in [0.2, 0.25) is 5.02 Å². The molecule has 1 amide bonds. The van der Waals surface area contributed by atoms with Crippen molar-refractivity contribution < 1.29 is 23.8 Å². The molecule has 1 unspecified atom stereocenters. The number of halogens is 2. The Morgan fingerprint density at radius 1 is 1.24 bits per heavy atom. The number of esters is 1. The van der Waals surface area contributed by atoms with Gasteiger partial charge in [0.05, 0.1) is 21.7 Å². The van der Waals surface area contributed by atoms with Crippen LogP contribution in [-0.4, -0.2) is 37.2 Å². The van der Waals surface area contributed by atoms with Gasteiger partial charge in [0.1, 0.15) is 0 Å². The molecule has 2 aromatic carbocycles. The number of carbonyl (C=O) groups excluding carboxylic acids is 2. The molecule has 7 nitrogen and oxygen atoms in total. The fourth-order valence-electron chi connectivity index (χ4n) is 3.05. The zero-order valence-electron chi connectivity index (χ0n) is 18.4. The van der Waals surface area contributed by atoms with Crippen molar-refractivity contribution in [3.8, 4) is 11.5 Å². The van der Waals surface area contributed by atoms with Crippen LogP contribution in [-0.2, 0) is 14.3 Å². The Labute approximate surface area is 215 Å². The van der Waals surface area contributed by atoms with Gasteiger partial charge in [0.15, 0.2) is 23.6 Å². The Balaban J connectivity index is 1.77. The average Bonchev–Trinajstić information content (AvgIpc) is 3.08. The van der Waals surface area contributed by atoms with Crippen LogP contribution in [0.25, 0.3) is 6.08 Å². The minimum atomic E-state index is -0.449. The summed E-state index contributed by atoms with van der Waals surface area (Å²) in [6.07, 6.45) is 1.80. The summed E-state index contributed by atoms with van der Waals surface area (Å²) in [5.74, 6) is 0.347. The van der Waals surface area contributed by atoms with E-state index in [1.807, 2.05) is 32.0 Å². The Morgan fingerprint density at radius 2 is 2.03 bits per heavy atom. The van der Waals surface area contributed by atoms with E-state index in [0.717, 1.165) is 20.4 Å². The maximum atomic E-state index is 12.5. The third-order valence-electron chi connectivity index (χ3n) is 4.47. The summed E-state index contributed by atoms with van der Waals surface area (Å²) in [5.41, 5.74) is 2.37. The van der Waals surface area contributed by atoms with Gasteiger partial charge in [0, 0.05) is 10.7 Å². The van der Waals surface area contributed by atoms with Crippen LogP contribution < -0.4 is 20.1 Å². The summed E-state index contributed by atoms with van der Waals surface area (Å²) >= 11 is 9.53. The highest BCUT2D eigenvalue weighted by molar-refractivity contribution is 14.1. The quantitative estimate of drug-likeness (QED) is 0.232. The number of thioether (sulfide) groups is 1. The summed E-state index contributed by atoms with van der Waals surface area (Å²) in [6.45, 7) is 6.06. The van der Waals surface area contributed by atoms with Gasteiger partial charge < -0.3 is 24.8 Å². The lowest BCUT2D eigenvalue weighted by molar-refractivity contribution is -0.145. The SMILES string of the molecule is CCOC(=O)COc1c(I)cc(/C=C2\SC(Nc3ccc(Cl)cc3C)NC2=O)cc1OCC. The van der Waals surface area contributed by atoms with Gasteiger partial charge in [-0.2, -0.15) is 0 Å². The van der Waals surface area contributed by atoms with Gasteiger partial charge >= 0.3 is 5.97 Å². The molecule has 1 atom stereocenters. The molecule has 33 heavy (non-hydrogen) atoms. The van der Waals surface area contributed by atoms with Gasteiger partial charge in [-0.25, -0.2) is 4.79 Å². The van der Waals surface area contributed by atoms with Gasteiger partial charge in [-0.05, 0) is 90.9 Å². The van der Waals surface area contributed by atoms with Crippen LogP contribution in [0.4, 0.5) is 5.69 Å². The number of benzene rings is 2. The Kier molecular flexibility index (Phi) is 9.16. The molecule has 1 fully saturated rings. The predicted octanol–water partition coefficient (Wildman–Crippen LogP) is 5.19. The molecule has 0 spiro atoms. The molecule has 1 saturated heterocycles. The number of ether oxygens (including phenoxy) is 3. The lowest BCUT2D eigenvalue weighted by Crippen LogP contribution is -2.31. The molecule has 10 heteroatoms. The maximum Gasteiger partial charge on any atom is 0.344 e. The second-order valence-electron chi connectivity index (χ2n) is 6.94. The third-order valence-corrected chi connectivity index (χ3v) is 6.54. The van der Waals surface area contributed by atoms with Gasteiger partial charge in [-0.3, -0.25) is 4.79 Å². The first-order valence-corrected chi connectivity index (χ1v) is 12.6. The number of carbonyl (C=O) groups is 2. The van der Waals surface area contributed by atoms with Crippen molar-refractivity contribution in [2.45, 2.75) is 26.3 Å². The van der Waals surface area contributed by atoms with Gasteiger partial charge in [0.25, 0.3) is 5.91 Å². The first-order chi connectivity index (χ1) is 15.8. The number of amides is 1. The van der Waals surface area contributed by atoms with Crippen molar-refractivity contribution in [2.75, 3.05) is 25.1 Å². The molecule has 2 aromatic rings. The third kappa shape index (κ3) is 6.94. The van der Waals surface area contributed by atoms with E-state index in [2.05, 4.69) is 33.2 Å². The maximum absolute atomic E-state index is 12.5. The monoisotopic (exact) mass is 602 g/mol. The van der Waals surface area contributed by atoms with Gasteiger partial charge in [-0.1, -0.05) is 23.4 Å². The number of nitrogens with one attached hydrogen (secondary N) is 2. The molecule has 176 valence electrons. The van der Waals surface area contributed by atoms with Gasteiger partial charge in [0.2, 0.25) is 0 Å². The average molecular weight is 603 g/mol. The molecule has 3 rings (SSSR count). The molecule has 0 aliphatic carbocycles. The van der Waals surface area contributed by atoms with E-state index >= 15 is 0 Å². The number of aryl methyl sites for hydroxylation is 1. The Morgan fingerprint density at radius 3 is 2.73 bits per heavy atom. The highest BCUT2D eigenvalue weighted by atomic mass is 127. The molecule has 2 N–H and O–H groups in total. The first-order valence-electron chi connectivity index (χ1n) is 10.3. The molecule has 1 aliphatic rings. The summed E-state index contributed by atoms with van der Waals surface area (Å²) in [4.78, 5) is 24.8. The van der Waals surface area contributed by atoms with Crippen molar-refractivity contribution in [3.05, 3.63) is 55.0 Å². The minimum absolute atomic E-state index is 0.167. The molecule has 0 bridgehead atoms. The molecule has 1 aliphatic heterocycles. The lowest BCUT2D eigenvalue weighted by atomic mass is 10.2. The molecule has 1 heterocycles. The first kappa shape index (κ1) is 25.5. The van der Waals surface area contributed by atoms with E-state index in [4.69, 9.17) is 25.8 Å². The zero-order valence-corrected chi connectivity index (χ0v) is 22.1. The second kappa shape index (κ2) is 11.8. The number of hydrogen-bond acceptors (Lipinski definition) is 7. The smallest absolute Gasteiger partial charge is 0.344 e. The Bertz CT molecular complexity index is 1080. The molecule has 0 saturated carbocycles. The van der Waals surface area contributed by atoms with Crippen LogP contribution >= 0.6 is 46.0 Å². The summed E-state index contributed by atoms with van der Waals surface area (Å²) < 4.78 is 17.0. The standard InChI is InChI=1S/C23H24ClIN2O5S/c1-4-30-18-10-14(9-16(25)21(18)32-12-20(28)31-5-2)11-19-22(29)27-23(33-19)26-17-7-6-15(24)8-13(17)3/h6-11,23,26H,4-5,12H2,1-3H3,(H,27,29)/b19-11-. The van der Waals surface area contributed by atoms with E-state index < -0.39 is 5.97 Å². The van der Waals surface area contributed by atoms with Crippen LogP contribution in [0.3, 0.4) is 0 Å². The van der Waals surface area contributed by atoms with E-state index in [1.165, 1.54) is 11.8 Å². The van der Waals surface area contributed by atoms with E-state index in [1.54, 1.807) is 25.1 Å². The number of hydrogen-bond donors (Lipinski definition) is 2. The van der Waals surface area contributed by atoms with Gasteiger partial charge in [-0.15, -0.1) is 0 Å². The van der Waals surface area contributed by atoms with Crippen LogP contribution in [0.1, 0.15) is 25.0 Å². The van der Waals surface area contributed by atoms with E-state index in [0.29, 0.717) is 28.0 Å². The topological polar surface area (TPSA) is 85.9 Å². The fraction of sp³-hybridized carbons (Fsp3) is 0.304. The van der Waals surface area contributed by atoms with Crippen molar-refractivity contribution in [3.63, 3.8) is 0 Å². The normalized spacial score (nSPS) is 16.5. The van der Waals surface area contributed by atoms with Crippen LogP contribution in [0.5, 0.6) is 11.5 Å². The molecule has 0 aromatic heterocycles. The van der Waals surface area contributed by atoms with Crippen LogP contribution in [0, 0.1) is 10.5 Å². The number of anilines is 1. The van der Waals surface area contributed by atoms with Crippen molar-refractivity contribution >= 4 is 69.6 Å². The van der Waals surface area contributed by atoms with Crippen LogP contribution in [0.15, 0.2) is 35.2 Å². The van der Waals surface area contributed by atoms with Crippen molar-refractivity contribution in [1.82, 2.24) is 5.32 Å². The molecular formula is C23H24ClIN2O5S. The summed E-state index contributed by atoms with van der Waals surface area (Å²) in [7, 11) is 0. The summed E-state index contributed by atoms with van der Waals surface area (Å²) in [6, 6.07) is 9.21. The molecule has 0 radical (unpaired) electrons. The highest BCUT2D eigenvalue weighted by Gasteiger charge is 2.27.